The van der Waals surface area contributed by atoms with E-state index in [1.165, 1.54) is 11.0 Å². The SMILES string of the molecule is Cc1ccc(C(=O)c2ccccc2C(=O)OCC(=O)N(CC#N)c2ccccc2)cc1. The molecule has 0 aliphatic heterocycles. The minimum absolute atomic E-state index is 0.0763. The minimum atomic E-state index is -0.783. The molecule has 0 radical (unpaired) electrons. The summed E-state index contributed by atoms with van der Waals surface area (Å²) in [4.78, 5) is 39.4. The predicted octanol–water partition coefficient (Wildman–Crippen LogP) is 3.94. The number of rotatable bonds is 7. The number of para-hydroxylation sites is 1. The lowest BCUT2D eigenvalue weighted by molar-refractivity contribution is -0.121. The van der Waals surface area contributed by atoms with E-state index in [9.17, 15) is 14.4 Å². The molecule has 154 valence electrons. The van der Waals surface area contributed by atoms with Gasteiger partial charge in [0.1, 0.15) is 6.54 Å². The average molecular weight is 412 g/mol. The number of nitrogens with zero attached hydrogens (tertiary/aromatic N) is 2. The first-order valence-corrected chi connectivity index (χ1v) is 9.61. The van der Waals surface area contributed by atoms with E-state index in [-0.39, 0.29) is 23.5 Å². The van der Waals surface area contributed by atoms with Crippen LogP contribution in [0.1, 0.15) is 31.8 Å². The van der Waals surface area contributed by atoms with Crippen LogP contribution in [0.15, 0.2) is 78.9 Å². The highest BCUT2D eigenvalue weighted by Gasteiger charge is 2.22. The van der Waals surface area contributed by atoms with Gasteiger partial charge in [0.15, 0.2) is 12.4 Å². The summed E-state index contributed by atoms with van der Waals surface area (Å²) in [5.41, 5.74) is 2.27. The highest BCUT2D eigenvalue weighted by molar-refractivity contribution is 6.14. The molecular weight excluding hydrogens is 392 g/mol. The Labute approximate surface area is 180 Å². The summed E-state index contributed by atoms with van der Waals surface area (Å²) in [5.74, 6) is -1.63. The maximum atomic E-state index is 12.9. The van der Waals surface area contributed by atoms with Gasteiger partial charge in [-0.05, 0) is 25.1 Å². The maximum absolute atomic E-state index is 12.9. The molecule has 3 aromatic carbocycles. The smallest absolute Gasteiger partial charge is 0.339 e. The van der Waals surface area contributed by atoms with Crippen LogP contribution in [0.25, 0.3) is 0 Å². The Kier molecular flexibility index (Phi) is 6.92. The predicted molar refractivity (Wildman–Crippen MR) is 116 cm³/mol. The molecule has 0 atom stereocenters. The molecule has 3 rings (SSSR count). The first kappa shape index (κ1) is 21.5. The molecular formula is C25H20N2O4. The van der Waals surface area contributed by atoms with E-state index in [2.05, 4.69) is 0 Å². The fraction of sp³-hybridized carbons (Fsp3) is 0.120. The first-order chi connectivity index (χ1) is 15.0. The molecule has 0 fully saturated rings. The Morgan fingerprint density at radius 1 is 0.871 bits per heavy atom. The third-order valence-electron chi connectivity index (χ3n) is 4.63. The van der Waals surface area contributed by atoms with Gasteiger partial charge in [0, 0.05) is 16.8 Å². The molecule has 0 aliphatic carbocycles. The van der Waals surface area contributed by atoms with Gasteiger partial charge in [-0.25, -0.2) is 4.79 Å². The van der Waals surface area contributed by atoms with Crippen LogP contribution >= 0.6 is 0 Å². The topological polar surface area (TPSA) is 87.5 Å². The van der Waals surface area contributed by atoms with E-state index in [1.54, 1.807) is 60.7 Å². The number of hydrogen-bond donors (Lipinski definition) is 0. The van der Waals surface area contributed by atoms with Gasteiger partial charge in [-0.3, -0.25) is 14.5 Å². The van der Waals surface area contributed by atoms with E-state index < -0.39 is 18.5 Å². The number of hydrogen-bond acceptors (Lipinski definition) is 5. The summed E-state index contributed by atoms with van der Waals surface area (Å²) in [6, 6.07) is 23.9. The van der Waals surface area contributed by atoms with Crippen molar-refractivity contribution in [2.24, 2.45) is 0 Å². The molecule has 0 aliphatic rings. The number of anilines is 1. The lowest BCUT2D eigenvalue weighted by Gasteiger charge is -2.19. The molecule has 0 spiro atoms. The second-order valence-electron chi connectivity index (χ2n) is 6.79. The Hall–Kier alpha value is -4.24. The molecule has 0 bridgehead atoms. The summed E-state index contributed by atoms with van der Waals surface area (Å²) in [6.07, 6.45) is 0. The van der Waals surface area contributed by atoms with Crippen molar-refractivity contribution in [2.75, 3.05) is 18.1 Å². The summed E-state index contributed by atoms with van der Waals surface area (Å²) in [5, 5.41) is 9.04. The number of aryl methyl sites for hydroxylation is 1. The number of carbonyl (C=O) groups excluding carboxylic acids is 3. The number of esters is 1. The van der Waals surface area contributed by atoms with Crippen LogP contribution in [-0.2, 0) is 9.53 Å². The first-order valence-electron chi connectivity index (χ1n) is 9.61. The second kappa shape index (κ2) is 9.99. The minimum Gasteiger partial charge on any atom is -0.452 e. The van der Waals surface area contributed by atoms with Crippen molar-refractivity contribution < 1.29 is 19.1 Å². The molecule has 0 unspecified atom stereocenters. The quantitative estimate of drug-likeness (QED) is 0.333. The molecule has 3 aromatic rings. The van der Waals surface area contributed by atoms with Crippen LogP contribution in [0.2, 0.25) is 0 Å². The normalized spacial score (nSPS) is 10.1. The van der Waals surface area contributed by atoms with Crippen molar-refractivity contribution in [1.29, 1.82) is 5.26 Å². The number of nitriles is 1. The molecule has 0 saturated heterocycles. The van der Waals surface area contributed by atoms with Crippen LogP contribution < -0.4 is 4.90 Å². The van der Waals surface area contributed by atoms with Crippen molar-refractivity contribution in [2.45, 2.75) is 6.92 Å². The third kappa shape index (κ3) is 5.22. The van der Waals surface area contributed by atoms with E-state index in [0.717, 1.165) is 5.56 Å². The van der Waals surface area contributed by atoms with Crippen LogP contribution in [0.4, 0.5) is 5.69 Å². The second-order valence-corrected chi connectivity index (χ2v) is 6.79. The highest BCUT2D eigenvalue weighted by atomic mass is 16.5. The van der Waals surface area contributed by atoms with Gasteiger partial charge in [-0.2, -0.15) is 5.26 Å². The molecule has 6 nitrogen and oxygen atoms in total. The average Bonchev–Trinajstić information content (AvgIpc) is 2.81. The Morgan fingerprint density at radius 2 is 1.48 bits per heavy atom. The summed E-state index contributed by atoms with van der Waals surface area (Å²) < 4.78 is 5.19. The highest BCUT2D eigenvalue weighted by Crippen LogP contribution is 2.17. The van der Waals surface area contributed by atoms with Gasteiger partial charge >= 0.3 is 5.97 Å². The number of ether oxygens (including phenoxy) is 1. The maximum Gasteiger partial charge on any atom is 0.339 e. The molecule has 0 N–H and O–H groups in total. The van der Waals surface area contributed by atoms with Gasteiger partial charge in [0.2, 0.25) is 0 Å². The summed E-state index contributed by atoms with van der Waals surface area (Å²) >= 11 is 0. The van der Waals surface area contributed by atoms with Crippen molar-refractivity contribution in [1.82, 2.24) is 0 Å². The fourth-order valence-electron chi connectivity index (χ4n) is 3.00. The monoisotopic (exact) mass is 412 g/mol. The van der Waals surface area contributed by atoms with Crippen LogP contribution in [-0.4, -0.2) is 30.8 Å². The van der Waals surface area contributed by atoms with Gasteiger partial charge in [-0.1, -0.05) is 66.2 Å². The molecule has 1 amide bonds. The molecule has 0 heterocycles. The van der Waals surface area contributed by atoms with Gasteiger partial charge in [0.25, 0.3) is 5.91 Å². The van der Waals surface area contributed by atoms with Gasteiger partial charge in [0.05, 0.1) is 11.6 Å². The molecule has 0 saturated carbocycles. The zero-order chi connectivity index (χ0) is 22.2. The molecule has 0 aromatic heterocycles. The summed E-state index contributed by atoms with van der Waals surface area (Å²) in [7, 11) is 0. The standard InChI is InChI=1S/C25H20N2O4/c1-18-11-13-19(14-12-18)24(29)21-9-5-6-10-22(21)25(30)31-17-23(28)27(16-15-26)20-7-3-2-4-8-20/h2-14H,16-17H2,1H3. The zero-order valence-electron chi connectivity index (χ0n) is 16.9. The zero-order valence-corrected chi connectivity index (χ0v) is 16.9. The van der Waals surface area contributed by atoms with Crippen molar-refractivity contribution in [3.05, 3.63) is 101 Å². The van der Waals surface area contributed by atoms with E-state index >= 15 is 0 Å². The number of carbonyl (C=O) groups is 3. The van der Waals surface area contributed by atoms with Crippen LogP contribution in [0, 0.1) is 18.3 Å². The Morgan fingerprint density at radius 3 is 2.13 bits per heavy atom. The molecule has 6 heteroatoms. The van der Waals surface area contributed by atoms with Crippen LogP contribution in [0.3, 0.4) is 0 Å². The van der Waals surface area contributed by atoms with Gasteiger partial charge in [-0.15, -0.1) is 0 Å². The van der Waals surface area contributed by atoms with E-state index in [0.29, 0.717) is 11.3 Å². The fourth-order valence-corrected chi connectivity index (χ4v) is 3.00. The number of ketones is 1. The molecule has 31 heavy (non-hydrogen) atoms. The van der Waals surface area contributed by atoms with E-state index in [4.69, 9.17) is 10.00 Å². The van der Waals surface area contributed by atoms with Crippen molar-refractivity contribution in [3.63, 3.8) is 0 Å². The van der Waals surface area contributed by atoms with Gasteiger partial charge < -0.3 is 4.74 Å². The number of benzene rings is 3. The van der Waals surface area contributed by atoms with Crippen LogP contribution in [0.5, 0.6) is 0 Å². The Balaban J connectivity index is 1.75. The van der Waals surface area contributed by atoms with Crippen molar-refractivity contribution >= 4 is 23.3 Å². The third-order valence-corrected chi connectivity index (χ3v) is 4.63. The summed E-state index contributed by atoms with van der Waals surface area (Å²) in [6.45, 7) is 1.19. The van der Waals surface area contributed by atoms with Crippen molar-refractivity contribution in [3.8, 4) is 6.07 Å². The largest absolute Gasteiger partial charge is 0.452 e. The number of amides is 1. The van der Waals surface area contributed by atoms with E-state index in [1.807, 2.05) is 25.1 Å². The Bertz CT molecular complexity index is 1130. The lowest BCUT2D eigenvalue weighted by atomic mass is 9.98. The lowest BCUT2D eigenvalue weighted by Crippen LogP contribution is -2.35.